The molecule has 4 nitrogen and oxygen atoms in total. The van der Waals surface area contributed by atoms with E-state index in [0.29, 0.717) is 13.1 Å². The second-order valence-corrected chi connectivity index (χ2v) is 8.28. The van der Waals surface area contributed by atoms with Crippen LogP contribution in [0.1, 0.15) is 34.3 Å². The Balaban J connectivity index is 2.14. The van der Waals surface area contributed by atoms with Crippen LogP contribution in [0.25, 0.3) is 0 Å². The normalized spacial score (nSPS) is 19.6. The van der Waals surface area contributed by atoms with Gasteiger partial charge in [0.2, 0.25) is 0 Å². The molecule has 116 valence electrons. The highest BCUT2D eigenvalue weighted by molar-refractivity contribution is 7.90. The summed E-state index contributed by atoms with van der Waals surface area (Å²) >= 11 is 0. The monoisotopic (exact) mass is 309 g/mol. The van der Waals surface area contributed by atoms with E-state index >= 15 is 0 Å². The Morgan fingerprint density at radius 1 is 1.33 bits per heavy atom. The van der Waals surface area contributed by atoms with E-state index < -0.39 is 9.84 Å². The lowest BCUT2D eigenvalue weighted by Gasteiger charge is -2.33. The standard InChI is InChI=1S/C16H23NO3S/c1-12-6-4-8-15(13(12)2)16(18)17-9-5-7-14(10-17)11-21(3,19)20/h4,6,8,14H,5,7,9-11H2,1-3H3. The van der Waals surface area contributed by atoms with E-state index in [2.05, 4.69) is 0 Å². The molecule has 0 radical (unpaired) electrons. The fraction of sp³-hybridized carbons (Fsp3) is 0.562. The zero-order valence-corrected chi connectivity index (χ0v) is 13.7. The lowest BCUT2D eigenvalue weighted by molar-refractivity contribution is 0.0683. The second-order valence-electron chi connectivity index (χ2n) is 6.10. The molecule has 1 aliphatic rings. The highest BCUT2D eigenvalue weighted by Crippen LogP contribution is 2.22. The molecule has 1 aromatic carbocycles. The Morgan fingerprint density at radius 2 is 2.05 bits per heavy atom. The molecule has 2 rings (SSSR count). The zero-order chi connectivity index (χ0) is 15.6. The van der Waals surface area contributed by atoms with Crippen LogP contribution in [0.15, 0.2) is 18.2 Å². The number of likely N-dealkylation sites (tertiary alicyclic amines) is 1. The quantitative estimate of drug-likeness (QED) is 0.860. The number of amides is 1. The van der Waals surface area contributed by atoms with Crippen molar-refractivity contribution in [1.29, 1.82) is 0 Å². The van der Waals surface area contributed by atoms with Crippen LogP contribution in [0.4, 0.5) is 0 Å². The van der Waals surface area contributed by atoms with Gasteiger partial charge in [-0.15, -0.1) is 0 Å². The van der Waals surface area contributed by atoms with Gasteiger partial charge in [-0.2, -0.15) is 0 Å². The van der Waals surface area contributed by atoms with E-state index in [4.69, 9.17) is 0 Å². The molecule has 1 heterocycles. The van der Waals surface area contributed by atoms with Gasteiger partial charge in [0.05, 0.1) is 5.75 Å². The Bertz CT molecular complexity index is 637. The van der Waals surface area contributed by atoms with Crippen LogP contribution in [-0.2, 0) is 9.84 Å². The van der Waals surface area contributed by atoms with Crippen molar-refractivity contribution < 1.29 is 13.2 Å². The molecule has 0 spiro atoms. The first-order valence-electron chi connectivity index (χ1n) is 7.31. The van der Waals surface area contributed by atoms with Crippen LogP contribution >= 0.6 is 0 Å². The van der Waals surface area contributed by atoms with E-state index in [0.717, 1.165) is 29.5 Å². The van der Waals surface area contributed by atoms with Crippen molar-refractivity contribution in [1.82, 2.24) is 4.90 Å². The summed E-state index contributed by atoms with van der Waals surface area (Å²) in [6, 6.07) is 5.74. The summed E-state index contributed by atoms with van der Waals surface area (Å²) in [7, 11) is -2.99. The number of carbonyl (C=O) groups excluding carboxylic acids is 1. The summed E-state index contributed by atoms with van der Waals surface area (Å²) in [5.74, 6) is 0.251. The number of aryl methyl sites for hydroxylation is 1. The first-order valence-corrected chi connectivity index (χ1v) is 9.37. The average molecular weight is 309 g/mol. The fourth-order valence-corrected chi connectivity index (χ4v) is 4.10. The minimum absolute atomic E-state index is 0.0226. The number of sulfone groups is 1. The van der Waals surface area contributed by atoms with Gasteiger partial charge in [0, 0.05) is 24.9 Å². The molecular weight excluding hydrogens is 286 g/mol. The third kappa shape index (κ3) is 4.06. The number of rotatable bonds is 3. The topological polar surface area (TPSA) is 54.5 Å². The molecule has 1 aliphatic heterocycles. The predicted molar refractivity (Wildman–Crippen MR) is 84.3 cm³/mol. The molecule has 1 aromatic rings. The van der Waals surface area contributed by atoms with Crippen LogP contribution in [-0.4, -0.2) is 44.3 Å². The third-order valence-electron chi connectivity index (χ3n) is 4.18. The molecule has 1 saturated heterocycles. The molecular formula is C16H23NO3S. The average Bonchev–Trinajstić information content (AvgIpc) is 2.39. The van der Waals surface area contributed by atoms with Crippen LogP contribution < -0.4 is 0 Å². The van der Waals surface area contributed by atoms with Crippen molar-refractivity contribution in [3.63, 3.8) is 0 Å². The van der Waals surface area contributed by atoms with E-state index in [-0.39, 0.29) is 17.6 Å². The number of piperidine rings is 1. The van der Waals surface area contributed by atoms with Gasteiger partial charge in [0.25, 0.3) is 5.91 Å². The fourth-order valence-electron chi connectivity index (χ4n) is 2.97. The van der Waals surface area contributed by atoms with Gasteiger partial charge in [-0.3, -0.25) is 4.79 Å². The summed E-state index contributed by atoms with van der Waals surface area (Å²) in [6.45, 7) is 5.21. The van der Waals surface area contributed by atoms with Crippen molar-refractivity contribution in [2.45, 2.75) is 26.7 Å². The van der Waals surface area contributed by atoms with Crippen molar-refractivity contribution in [2.24, 2.45) is 5.92 Å². The molecule has 0 saturated carbocycles. The van der Waals surface area contributed by atoms with Gasteiger partial charge >= 0.3 is 0 Å². The Kier molecular flexibility index (Phi) is 4.71. The first kappa shape index (κ1) is 16.0. The minimum atomic E-state index is -2.99. The van der Waals surface area contributed by atoms with Crippen molar-refractivity contribution in [3.8, 4) is 0 Å². The number of carbonyl (C=O) groups is 1. The molecule has 0 aromatic heterocycles. The number of nitrogens with zero attached hydrogens (tertiary/aromatic N) is 1. The Labute approximate surface area is 127 Å². The summed E-state index contributed by atoms with van der Waals surface area (Å²) in [5.41, 5.74) is 2.84. The van der Waals surface area contributed by atoms with Gasteiger partial charge in [-0.05, 0) is 49.8 Å². The minimum Gasteiger partial charge on any atom is -0.338 e. The maximum Gasteiger partial charge on any atom is 0.254 e. The lowest BCUT2D eigenvalue weighted by atomic mass is 9.97. The van der Waals surface area contributed by atoms with Crippen LogP contribution in [0.5, 0.6) is 0 Å². The summed E-state index contributed by atoms with van der Waals surface area (Å²) in [4.78, 5) is 14.5. The molecule has 1 atom stereocenters. The molecule has 0 N–H and O–H groups in total. The predicted octanol–water partition coefficient (Wildman–Crippen LogP) is 2.20. The SMILES string of the molecule is Cc1cccc(C(=O)N2CCCC(CS(C)(=O)=O)C2)c1C. The first-order chi connectivity index (χ1) is 9.78. The second kappa shape index (κ2) is 6.18. The van der Waals surface area contributed by atoms with Crippen LogP contribution in [0.3, 0.4) is 0 Å². The molecule has 21 heavy (non-hydrogen) atoms. The van der Waals surface area contributed by atoms with E-state index in [9.17, 15) is 13.2 Å². The highest BCUT2D eigenvalue weighted by atomic mass is 32.2. The van der Waals surface area contributed by atoms with Gasteiger partial charge in [-0.25, -0.2) is 8.42 Å². The van der Waals surface area contributed by atoms with Crippen LogP contribution in [0.2, 0.25) is 0 Å². The molecule has 0 aliphatic carbocycles. The van der Waals surface area contributed by atoms with Gasteiger partial charge < -0.3 is 4.90 Å². The zero-order valence-electron chi connectivity index (χ0n) is 12.9. The van der Waals surface area contributed by atoms with Crippen molar-refractivity contribution in [3.05, 3.63) is 34.9 Å². The molecule has 5 heteroatoms. The molecule has 0 bridgehead atoms. The molecule has 1 unspecified atom stereocenters. The number of hydrogen-bond acceptors (Lipinski definition) is 3. The Morgan fingerprint density at radius 3 is 2.71 bits per heavy atom. The van der Waals surface area contributed by atoms with Crippen molar-refractivity contribution in [2.75, 3.05) is 25.1 Å². The maximum absolute atomic E-state index is 12.7. The van der Waals surface area contributed by atoms with E-state index in [1.165, 1.54) is 6.26 Å². The van der Waals surface area contributed by atoms with Crippen LogP contribution in [0, 0.1) is 19.8 Å². The van der Waals surface area contributed by atoms with E-state index in [1.807, 2.05) is 32.0 Å². The third-order valence-corrected chi connectivity index (χ3v) is 5.26. The Hall–Kier alpha value is -1.36. The summed E-state index contributed by atoms with van der Waals surface area (Å²) in [5, 5.41) is 0. The highest BCUT2D eigenvalue weighted by Gasteiger charge is 2.27. The molecule has 1 fully saturated rings. The lowest BCUT2D eigenvalue weighted by Crippen LogP contribution is -2.42. The van der Waals surface area contributed by atoms with Gasteiger partial charge in [0.1, 0.15) is 9.84 Å². The summed E-state index contributed by atoms with van der Waals surface area (Å²) in [6.07, 6.45) is 3.01. The molecule has 1 amide bonds. The summed E-state index contributed by atoms with van der Waals surface area (Å²) < 4.78 is 22.9. The van der Waals surface area contributed by atoms with Gasteiger partial charge in [-0.1, -0.05) is 12.1 Å². The smallest absolute Gasteiger partial charge is 0.254 e. The van der Waals surface area contributed by atoms with Gasteiger partial charge in [0.15, 0.2) is 0 Å². The van der Waals surface area contributed by atoms with Crippen molar-refractivity contribution >= 4 is 15.7 Å². The number of hydrogen-bond donors (Lipinski definition) is 0. The largest absolute Gasteiger partial charge is 0.338 e. The number of benzene rings is 1. The maximum atomic E-state index is 12.7. The van der Waals surface area contributed by atoms with E-state index in [1.54, 1.807) is 4.90 Å².